The Labute approximate surface area is 97.7 Å². The Morgan fingerprint density at radius 1 is 1.44 bits per heavy atom. The number of aryl methyl sites for hydroxylation is 1. The lowest BCUT2D eigenvalue weighted by molar-refractivity contribution is 0.0528. The van der Waals surface area contributed by atoms with Crippen molar-refractivity contribution in [3.63, 3.8) is 0 Å². The molecule has 1 aliphatic rings. The lowest BCUT2D eigenvalue weighted by Gasteiger charge is -2.24. The van der Waals surface area contributed by atoms with Crippen LogP contribution in [0.15, 0.2) is 24.3 Å². The van der Waals surface area contributed by atoms with Crippen LogP contribution in [0, 0.1) is 0 Å². The fourth-order valence-electron chi connectivity index (χ4n) is 2.24. The van der Waals surface area contributed by atoms with E-state index in [0.717, 1.165) is 19.3 Å². The summed E-state index contributed by atoms with van der Waals surface area (Å²) in [7, 11) is 0. The van der Waals surface area contributed by atoms with E-state index in [1.54, 1.807) is 0 Å². The molecule has 0 saturated carbocycles. The Kier molecular flexibility index (Phi) is 3.31. The van der Waals surface area contributed by atoms with Crippen molar-refractivity contribution in [3.8, 4) is 0 Å². The molecule has 1 aromatic rings. The maximum atomic E-state index is 9.97. The Hall–Kier alpha value is -0.860. The minimum absolute atomic E-state index is 0.425. The van der Waals surface area contributed by atoms with E-state index in [1.165, 1.54) is 11.1 Å². The highest BCUT2D eigenvalue weighted by molar-refractivity contribution is 5.34. The van der Waals surface area contributed by atoms with Crippen molar-refractivity contribution in [2.45, 2.75) is 44.8 Å². The van der Waals surface area contributed by atoms with Gasteiger partial charge in [0.1, 0.15) is 0 Å². The van der Waals surface area contributed by atoms with Crippen LogP contribution in [0.5, 0.6) is 0 Å². The number of rotatable bonds is 4. The average Bonchev–Trinajstić information content (AvgIpc) is 2.70. The first kappa shape index (κ1) is 11.6. The van der Waals surface area contributed by atoms with Crippen LogP contribution in [0.25, 0.3) is 0 Å². The van der Waals surface area contributed by atoms with Crippen molar-refractivity contribution < 1.29 is 5.11 Å². The Morgan fingerprint density at radius 3 is 2.94 bits per heavy atom. The van der Waals surface area contributed by atoms with Gasteiger partial charge >= 0.3 is 0 Å². The second-order valence-corrected chi connectivity index (χ2v) is 5.02. The van der Waals surface area contributed by atoms with E-state index in [9.17, 15) is 5.11 Å². The minimum atomic E-state index is -0.586. The van der Waals surface area contributed by atoms with Crippen LogP contribution < -0.4 is 5.32 Å². The van der Waals surface area contributed by atoms with Crippen LogP contribution in [-0.2, 0) is 6.42 Å². The van der Waals surface area contributed by atoms with Gasteiger partial charge in [0.25, 0.3) is 0 Å². The van der Waals surface area contributed by atoms with E-state index >= 15 is 0 Å². The molecule has 0 radical (unpaired) electrons. The van der Waals surface area contributed by atoms with E-state index in [4.69, 9.17) is 0 Å². The summed E-state index contributed by atoms with van der Waals surface area (Å²) in [5.74, 6) is 0. The fourth-order valence-corrected chi connectivity index (χ4v) is 2.24. The van der Waals surface area contributed by atoms with E-state index in [2.05, 4.69) is 29.6 Å². The summed E-state index contributed by atoms with van der Waals surface area (Å²) in [6.07, 6.45) is 3.09. The van der Waals surface area contributed by atoms with E-state index < -0.39 is 5.60 Å². The zero-order valence-electron chi connectivity index (χ0n) is 10.2. The molecule has 0 saturated heterocycles. The normalized spacial score (nSPS) is 22.8. The van der Waals surface area contributed by atoms with Gasteiger partial charge in [-0.05, 0) is 37.3 Å². The van der Waals surface area contributed by atoms with E-state index in [1.807, 2.05) is 13.8 Å². The Balaban J connectivity index is 1.99. The highest BCUT2D eigenvalue weighted by atomic mass is 16.3. The molecule has 0 bridgehead atoms. The van der Waals surface area contributed by atoms with Gasteiger partial charge in [-0.2, -0.15) is 0 Å². The predicted molar refractivity (Wildman–Crippen MR) is 66.4 cm³/mol. The highest BCUT2D eigenvalue weighted by Gasteiger charge is 2.24. The van der Waals surface area contributed by atoms with Gasteiger partial charge in [-0.25, -0.2) is 0 Å². The first-order valence-electron chi connectivity index (χ1n) is 6.16. The van der Waals surface area contributed by atoms with Crippen molar-refractivity contribution in [3.05, 3.63) is 35.4 Å². The molecule has 1 aliphatic carbocycles. The third-order valence-corrected chi connectivity index (χ3v) is 3.62. The fraction of sp³-hybridized carbons (Fsp3) is 0.571. The number of aliphatic hydroxyl groups is 1. The van der Waals surface area contributed by atoms with Gasteiger partial charge in [0.15, 0.2) is 0 Å². The summed E-state index contributed by atoms with van der Waals surface area (Å²) in [5.41, 5.74) is 2.28. The van der Waals surface area contributed by atoms with E-state index in [-0.39, 0.29) is 0 Å². The standard InChI is InChI=1S/C14H21NO/c1-3-14(2,16)10-15-13-9-8-11-6-4-5-7-12(11)13/h4-7,13,15-16H,3,8-10H2,1-2H3. The molecule has 0 heterocycles. The minimum Gasteiger partial charge on any atom is -0.389 e. The zero-order valence-corrected chi connectivity index (χ0v) is 10.2. The van der Waals surface area contributed by atoms with Crippen LogP contribution in [-0.4, -0.2) is 17.3 Å². The predicted octanol–water partition coefficient (Wildman–Crippen LogP) is 2.42. The summed E-state index contributed by atoms with van der Waals surface area (Å²) >= 11 is 0. The molecular formula is C14H21NO. The van der Waals surface area contributed by atoms with Crippen molar-refractivity contribution in [1.82, 2.24) is 5.32 Å². The van der Waals surface area contributed by atoms with Crippen molar-refractivity contribution in [2.75, 3.05) is 6.54 Å². The zero-order chi connectivity index (χ0) is 11.6. The van der Waals surface area contributed by atoms with Crippen molar-refractivity contribution >= 4 is 0 Å². The van der Waals surface area contributed by atoms with Crippen molar-refractivity contribution in [2.24, 2.45) is 0 Å². The quantitative estimate of drug-likeness (QED) is 0.815. The molecule has 88 valence electrons. The molecule has 0 fully saturated rings. The van der Waals surface area contributed by atoms with Crippen molar-refractivity contribution in [1.29, 1.82) is 0 Å². The van der Waals surface area contributed by atoms with Gasteiger partial charge in [-0.15, -0.1) is 0 Å². The number of fused-ring (bicyclic) bond motifs is 1. The summed E-state index contributed by atoms with van der Waals surface area (Å²) in [4.78, 5) is 0. The number of hydrogen-bond acceptors (Lipinski definition) is 2. The van der Waals surface area contributed by atoms with Crippen LogP contribution in [0.4, 0.5) is 0 Å². The highest BCUT2D eigenvalue weighted by Crippen LogP contribution is 2.30. The van der Waals surface area contributed by atoms with Crippen LogP contribution in [0.1, 0.15) is 43.9 Å². The lowest BCUT2D eigenvalue weighted by atomic mass is 10.0. The molecule has 0 aromatic heterocycles. The number of nitrogens with one attached hydrogen (secondary N) is 1. The topological polar surface area (TPSA) is 32.3 Å². The molecule has 0 aliphatic heterocycles. The molecule has 1 aromatic carbocycles. The van der Waals surface area contributed by atoms with Crippen LogP contribution in [0.2, 0.25) is 0 Å². The Bertz CT molecular complexity index is 360. The van der Waals surface area contributed by atoms with Gasteiger partial charge < -0.3 is 10.4 Å². The first-order chi connectivity index (χ1) is 7.62. The lowest BCUT2D eigenvalue weighted by Crippen LogP contribution is -2.38. The summed E-state index contributed by atoms with van der Waals surface area (Å²) in [6.45, 7) is 4.58. The van der Waals surface area contributed by atoms with Crippen LogP contribution >= 0.6 is 0 Å². The molecule has 2 N–H and O–H groups in total. The second-order valence-electron chi connectivity index (χ2n) is 5.02. The smallest absolute Gasteiger partial charge is 0.0741 e. The molecular weight excluding hydrogens is 198 g/mol. The molecule has 2 unspecified atom stereocenters. The maximum absolute atomic E-state index is 9.97. The molecule has 2 heteroatoms. The second kappa shape index (κ2) is 4.56. The largest absolute Gasteiger partial charge is 0.389 e. The van der Waals surface area contributed by atoms with Gasteiger partial charge in [0, 0.05) is 12.6 Å². The number of benzene rings is 1. The molecule has 0 spiro atoms. The summed E-state index contributed by atoms with van der Waals surface area (Å²) < 4.78 is 0. The van der Waals surface area contributed by atoms with Gasteiger partial charge in [0.05, 0.1) is 5.60 Å². The van der Waals surface area contributed by atoms with Crippen LogP contribution in [0.3, 0.4) is 0 Å². The summed E-state index contributed by atoms with van der Waals surface area (Å²) in [6, 6.07) is 9.02. The van der Waals surface area contributed by atoms with Gasteiger partial charge in [-0.1, -0.05) is 31.2 Å². The third kappa shape index (κ3) is 2.45. The average molecular weight is 219 g/mol. The van der Waals surface area contributed by atoms with Gasteiger partial charge in [0.2, 0.25) is 0 Å². The third-order valence-electron chi connectivity index (χ3n) is 3.62. The molecule has 2 rings (SSSR count). The number of hydrogen-bond donors (Lipinski definition) is 2. The van der Waals surface area contributed by atoms with E-state index in [0.29, 0.717) is 12.6 Å². The Morgan fingerprint density at radius 2 is 2.19 bits per heavy atom. The molecule has 0 amide bonds. The van der Waals surface area contributed by atoms with Gasteiger partial charge in [-0.3, -0.25) is 0 Å². The summed E-state index contributed by atoms with van der Waals surface area (Å²) in [5, 5.41) is 13.4. The maximum Gasteiger partial charge on any atom is 0.0741 e. The SMILES string of the molecule is CCC(C)(O)CNC1CCc2ccccc21. The monoisotopic (exact) mass is 219 g/mol. The molecule has 2 atom stereocenters. The first-order valence-corrected chi connectivity index (χ1v) is 6.16. The molecule has 2 nitrogen and oxygen atoms in total. The molecule has 16 heavy (non-hydrogen) atoms.